The molecule has 34 heavy (non-hydrogen) atoms. The average molecular weight is 476 g/mol. The van der Waals surface area contributed by atoms with Crippen LogP contribution in [0, 0.1) is 0 Å². The lowest BCUT2D eigenvalue weighted by Crippen LogP contribution is -2.24. The van der Waals surface area contributed by atoms with E-state index in [1.165, 1.54) is 12.5 Å². The van der Waals surface area contributed by atoms with E-state index in [2.05, 4.69) is 20.3 Å². The van der Waals surface area contributed by atoms with Crippen LogP contribution in [0.25, 0.3) is 10.9 Å². The number of carbonyl (C=O) groups is 1. The van der Waals surface area contributed by atoms with Crippen LogP contribution in [0.5, 0.6) is 5.75 Å². The monoisotopic (exact) mass is 475 g/mol. The number of rotatable bonds is 5. The number of nitrogens with one attached hydrogen (secondary N) is 1. The molecule has 4 aromatic rings. The van der Waals surface area contributed by atoms with Crippen molar-refractivity contribution < 1.29 is 17.9 Å². The second kappa shape index (κ2) is 8.71. The predicted molar refractivity (Wildman–Crippen MR) is 126 cm³/mol. The van der Waals surface area contributed by atoms with E-state index in [9.17, 15) is 13.2 Å². The van der Waals surface area contributed by atoms with Crippen molar-refractivity contribution in [2.24, 2.45) is 4.99 Å². The maximum Gasteiger partial charge on any atom is 0.281 e. The van der Waals surface area contributed by atoms with Gasteiger partial charge in [0, 0.05) is 43.2 Å². The molecular formula is C24H21N5O4S. The summed E-state index contributed by atoms with van der Waals surface area (Å²) in [5.41, 5.74) is 2.19. The third-order valence-corrected chi connectivity index (χ3v) is 6.58. The molecular weight excluding hydrogens is 454 g/mol. The van der Waals surface area contributed by atoms with Crippen molar-refractivity contribution in [2.45, 2.75) is 18.0 Å². The Labute approximate surface area is 195 Å². The molecule has 1 amide bonds. The van der Waals surface area contributed by atoms with Crippen LogP contribution >= 0.6 is 0 Å². The van der Waals surface area contributed by atoms with Gasteiger partial charge in [0.2, 0.25) is 5.62 Å². The Morgan fingerprint density at radius 2 is 2.00 bits per heavy atom. The standard InChI is InChI=1S/C24H21N5O4S/c1-34(31,32)19-7-4-16(5-8-19)15-33-18-6-9-20-21(13-18)27-24(29-12-11-26-22(20)29)28-23(30)17-3-2-10-25-14-17/h2-10,13-14,26H,11-12,15H2,1H3. The van der Waals surface area contributed by atoms with E-state index in [1.54, 1.807) is 48.7 Å². The number of sulfone groups is 1. The lowest BCUT2D eigenvalue weighted by molar-refractivity contribution is 0.0996. The number of amides is 1. The molecule has 10 heteroatoms. The molecule has 1 aliphatic rings. The van der Waals surface area contributed by atoms with Crippen LogP contribution in [0.1, 0.15) is 15.9 Å². The molecule has 0 bridgehead atoms. The highest BCUT2D eigenvalue weighted by Crippen LogP contribution is 2.27. The number of aromatic nitrogens is 3. The molecule has 0 spiro atoms. The lowest BCUT2D eigenvalue weighted by atomic mass is 10.2. The number of carbonyl (C=O) groups excluding carboxylic acids is 1. The van der Waals surface area contributed by atoms with Crippen molar-refractivity contribution in [1.29, 1.82) is 0 Å². The van der Waals surface area contributed by atoms with Gasteiger partial charge in [-0.05, 0) is 42.0 Å². The lowest BCUT2D eigenvalue weighted by Gasteiger charge is -2.11. The van der Waals surface area contributed by atoms with Crippen LogP contribution in [0.4, 0.5) is 5.82 Å². The summed E-state index contributed by atoms with van der Waals surface area (Å²) in [6.45, 7) is 1.63. The van der Waals surface area contributed by atoms with E-state index in [0.717, 1.165) is 16.8 Å². The zero-order chi connectivity index (χ0) is 23.7. The van der Waals surface area contributed by atoms with Gasteiger partial charge in [-0.1, -0.05) is 12.1 Å². The number of ether oxygens (including phenoxy) is 1. The molecule has 0 unspecified atom stereocenters. The summed E-state index contributed by atoms with van der Waals surface area (Å²) in [5.74, 6) is 1.04. The van der Waals surface area contributed by atoms with Gasteiger partial charge in [-0.3, -0.25) is 14.3 Å². The Kier molecular flexibility index (Phi) is 5.58. The molecule has 2 aromatic heterocycles. The van der Waals surface area contributed by atoms with Crippen LogP contribution in [0.3, 0.4) is 0 Å². The van der Waals surface area contributed by atoms with Crippen molar-refractivity contribution >= 4 is 32.5 Å². The fraction of sp³-hybridized carbons (Fsp3) is 0.167. The molecule has 0 aliphatic carbocycles. The largest absolute Gasteiger partial charge is 0.489 e. The van der Waals surface area contributed by atoms with Gasteiger partial charge in [0.05, 0.1) is 16.0 Å². The predicted octanol–water partition coefficient (Wildman–Crippen LogP) is 2.58. The summed E-state index contributed by atoms with van der Waals surface area (Å²) in [4.78, 5) is 25.7. The Bertz CT molecular complexity index is 1560. The van der Waals surface area contributed by atoms with Crippen molar-refractivity contribution in [2.75, 3.05) is 18.1 Å². The number of nitrogens with zero attached hydrogens (tertiary/aromatic N) is 4. The van der Waals surface area contributed by atoms with Gasteiger partial charge in [-0.25, -0.2) is 13.4 Å². The van der Waals surface area contributed by atoms with Gasteiger partial charge < -0.3 is 10.1 Å². The summed E-state index contributed by atoms with van der Waals surface area (Å²) in [5, 5.41) is 4.24. The molecule has 9 nitrogen and oxygen atoms in total. The number of hydrogen-bond acceptors (Lipinski definition) is 7. The minimum absolute atomic E-state index is 0.266. The van der Waals surface area contributed by atoms with E-state index < -0.39 is 15.7 Å². The zero-order valence-corrected chi connectivity index (χ0v) is 19.1. The first-order valence-corrected chi connectivity index (χ1v) is 12.5. The molecule has 3 heterocycles. The molecule has 1 N–H and O–H groups in total. The first-order chi connectivity index (χ1) is 16.4. The smallest absolute Gasteiger partial charge is 0.281 e. The third kappa shape index (κ3) is 4.40. The summed E-state index contributed by atoms with van der Waals surface area (Å²) in [6, 6.07) is 15.5. The van der Waals surface area contributed by atoms with Gasteiger partial charge in [-0.2, -0.15) is 4.99 Å². The van der Waals surface area contributed by atoms with Gasteiger partial charge >= 0.3 is 0 Å². The quantitative estimate of drug-likeness (QED) is 0.472. The second-order valence-corrected chi connectivity index (χ2v) is 9.90. The van der Waals surface area contributed by atoms with Crippen molar-refractivity contribution in [3.8, 4) is 5.75 Å². The highest BCUT2D eigenvalue weighted by Gasteiger charge is 2.17. The highest BCUT2D eigenvalue weighted by molar-refractivity contribution is 7.90. The fourth-order valence-electron chi connectivity index (χ4n) is 3.73. The Hall–Kier alpha value is -4.05. The van der Waals surface area contributed by atoms with Crippen LogP contribution in [0.2, 0.25) is 0 Å². The SMILES string of the molecule is CS(=O)(=O)c1ccc(COc2ccc3c4n(c(=NC(=O)c5cccnc5)nc3c2)CCN4)cc1. The maximum absolute atomic E-state index is 12.6. The van der Waals surface area contributed by atoms with Gasteiger partial charge in [0.25, 0.3) is 5.91 Å². The summed E-state index contributed by atoms with van der Waals surface area (Å²) in [6.07, 6.45) is 4.25. The molecule has 5 rings (SSSR count). The first kappa shape index (κ1) is 21.8. The number of pyridine rings is 1. The number of benzene rings is 2. The van der Waals surface area contributed by atoms with E-state index >= 15 is 0 Å². The number of hydrogen-bond donors (Lipinski definition) is 1. The molecule has 0 fully saturated rings. The van der Waals surface area contributed by atoms with Crippen molar-refractivity contribution in [1.82, 2.24) is 14.5 Å². The molecule has 0 saturated heterocycles. The zero-order valence-electron chi connectivity index (χ0n) is 18.3. The second-order valence-electron chi connectivity index (χ2n) is 7.88. The average Bonchev–Trinajstić information content (AvgIpc) is 3.33. The number of fused-ring (bicyclic) bond motifs is 3. The Morgan fingerprint density at radius 1 is 1.18 bits per heavy atom. The van der Waals surface area contributed by atoms with E-state index in [4.69, 9.17) is 4.74 Å². The summed E-state index contributed by atoms with van der Waals surface area (Å²) in [7, 11) is -3.24. The topological polar surface area (TPSA) is 116 Å². The molecule has 0 radical (unpaired) electrons. The van der Waals surface area contributed by atoms with Crippen molar-refractivity contribution in [3.63, 3.8) is 0 Å². The van der Waals surface area contributed by atoms with Crippen LogP contribution in [0.15, 0.2) is 76.9 Å². The first-order valence-electron chi connectivity index (χ1n) is 10.6. The van der Waals surface area contributed by atoms with E-state index in [0.29, 0.717) is 35.5 Å². The highest BCUT2D eigenvalue weighted by atomic mass is 32.2. The van der Waals surface area contributed by atoms with Gasteiger partial charge in [-0.15, -0.1) is 0 Å². The van der Waals surface area contributed by atoms with E-state index in [-0.39, 0.29) is 11.5 Å². The van der Waals surface area contributed by atoms with Gasteiger partial charge in [0.1, 0.15) is 18.2 Å². The molecule has 2 aromatic carbocycles. The molecule has 172 valence electrons. The Morgan fingerprint density at radius 3 is 2.74 bits per heavy atom. The summed E-state index contributed by atoms with van der Waals surface area (Å²) >= 11 is 0. The van der Waals surface area contributed by atoms with E-state index in [1.807, 2.05) is 16.7 Å². The minimum Gasteiger partial charge on any atom is -0.489 e. The summed E-state index contributed by atoms with van der Waals surface area (Å²) < 4.78 is 31.1. The van der Waals surface area contributed by atoms with Crippen LogP contribution in [-0.2, 0) is 23.0 Å². The Balaban J connectivity index is 1.45. The van der Waals surface area contributed by atoms with Crippen LogP contribution in [-0.4, -0.2) is 41.7 Å². The van der Waals surface area contributed by atoms with Gasteiger partial charge in [0.15, 0.2) is 9.84 Å². The molecule has 1 aliphatic heterocycles. The molecule has 0 saturated carbocycles. The molecule has 0 atom stereocenters. The normalized spacial score (nSPS) is 13.5. The maximum atomic E-state index is 12.6. The number of anilines is 1. The van der Waals surface area contributed by atoms with Crippen LogP contribution < -0.4 is 15.7 Å². The third-order valence-electron chi connectivity index (χ3n) is 5.45. The minimum atomic E-state index is -3.24. The van der Waals surface area contributed by atoms with Crippen molar-refractivity contribution in [3.05, 3.63) is 83.7 Å². The fourth-order valence-corrected chi connectivity index (χ4v) is 4.36.